The summed E-state index contributed by atoms with van der Waals surface area (Å²) in [6, 6.07) is 6.06. The smallest absolute Gasteiger partial charge is 0.202 e. The van der Waals surface area contributed by atoms with E-state index in [0.717, 1.165) is 11.4 Å². The molecule has 23 heavy (non-hydrogen) atoms. The van der Waals surface area contributed by atoms with E-state index in [0.29, 0.717) is 12.1 Å². The van der Waals surface area contributed by atoms with Gasteiger partial charge in [0.25, 0.3) is 0 Å². The first kappa shape index (κ1) is 16.8. The van der Waals surface area contributed by atoms with Crippen LogP contribution in [0.2, 0.25) is 0 Å². The Balaban J connectivity index is 2.09. The Morgan fingerprint density at radius 2 is 2.09 bits per heavy atom. The number of benzene rings is 1. The molecule has 5 heteroatoms. The number of hydrogen-bond acceptors (Lipinski definition) is 3. The van der Waals surface area contributed by atoms with E-state index >= 15 is 0 Å². The Kier molecular flexibility index (Phi) is 5.21. The fraction of sp³-hybridized carbons (Fsp3) is 0.278. The number of nitrogens with zero attached hydrogens (tertiary/aromatic N) is 1. The lowest BCUT2D eigenvalue weighted by Crippen LogP contribution is -2.13. The Labute approximate surface area is 135 Å². The lowest BCUT2D eigenvalue weighted by atomic mass is 10.1. The topological polar surface area (TPSA) is 40.5 Å². The van der Waals surface area contributed by atoms with E-state index in [1.165, 1.54) is 19.2 Å². The molecule has 1 aromatic heterocycles. The van der Waals surface area contributed by atoms with Crippen LogP contribution < -0.4 is 9.47 Å². The normalized spacial score (nSPS) is 10.4. The van der Waals surface area contributed by atoms with Gasteiger partial charge in [-0.2, -0.15) is 0 Å². The molecule has 0 radical (unpaired) electrons. The van der Waals surface area contributed by atoms with Crippen molar-refractivity contribution < 1.29 is 18.7 Å². The standard InChI is InChI=1S/C18H20FNO3/c1-5-8-20-12(2)9-15(13(20)3)17(21)11-23-14-6-7-18(22-4)16(19)10-14/h5-7,9-10H,1,8,11H2,2-4H3. The molecule has 0 atom stereocenters. The van der Waals surface area contributed by atoms with Crippen molar-refractivity contribution in [3.05, 3.63) is 59.7 Å². The first-order valence-corrected chi connectivity index (χ1v) is 7.25. The van der Waals surface area contributed by atoms with Gasteiger partial charge in [-0.3, -0.25) is 4.79 Å². The van der Waals surface area contributed by atoms with Crippen LogP contribution in [0.4, 0.5) is 4.39 Å². The summed E-state index contributed by atoms with van der Waals surface area (Å²) in [5, 5.41) is 0. The predicted octanol–water partition coefficient (Wildman–Crippen LogP) is 3.70. The van der Waals surface area contributed by atoms with Crippen LogP contribution in [0.25, 0.3) is 0 Å². The molecule has 0 saturated heterocycles. The molecular weight excluding hydrogens is 297 g/mol. The van der Waals surface area contributed by atoms with Crippen LogP contribution in [0, 0.1) is 19.7 Å². The fourth-order valence-electron chi connectivity index (χ4n) is 2.46. The highest BCUT2D eigenvalue weighted by Crippen LogP contribution is 2.23. The van der Waals surface area contributed by atoms with Gasteiger partial charge in [-0.15, -0.1) is 6.58 Å². The molecule has 0 unspecified atom stereocenters. The number of rotatable bonds is 7. The molecule has 122 valence electrons. The highest BCUT2D eigenvalue weighted by Gasteiger charge is 2.16. The zero-order valence-electron chi connectivity index (χ0n) is 13.6. The van der Waals surface area contributed by atoms with Crippen molar-refractivity contribution in [1.82, 2.24) is 4.57 Å². The maximum Gasteiger partial charge on any atom is 0.202 e. The summed E-state index contributed by atoms with van der Waals surface area (Å²) in [5.41, 5.74) is 2.47. The van der Waals surface area contributed by atoms with Crippen LogP contribution in [-0.2, 0) is 6.54 Å². The number of hydrogen-bond donors (Lipinski definition) is 0. The van der Waals surface area contributed by atoms with Gasteiger partial charge < -0.3 is 14.0 Å². The maximum atomic E-state index is 13.6. The molecule has 0 bridgehead atoms. The number of aryl methyl sites for hydroxylation is 1. The van der Waals surface area contributed by atoms with E-state index in [1.807, 2.05) is 24.5 Å². The van der Waals surface area contributed by atoms with Crippen molar-refractivity contribution in [2.75, 3.05) is 13.7 Å². The second-order valence-electron chi connectivity index (χ2n) is 5.19. The van der Waals surface area contributed by atoms with Crippen molar-refractivity contribution in [2.24, 2.45) is 0 Å². The molecule has 4 nitrogen and oxygen atoms in total. The number of carbonyl (C=O) groups is 1. The molecule has 0 fully saturated rings. The molecule has 0 aliphatic rings. The number of methoxy groups -OCH3 is 1. The van der Waals surface area contributed by atoms with E-state index < -0.39 is 5.82 Å². The lowest BCUT2D eigenvalue weighted by molar-refractivity contribution is 0.0920. The Morgan fingerprint density at radius 3 is 2.70 bits per heavy atom. The molecule has 0 aliphatic carbocycles. The number of carbonyl (C=O) groups excluding carboxylic acids is 1. The summed E-state index contributed by atoms with van der Waals surface area (Å²) in [6.45, 7) is 8.04. The van der Waals surface area contributed by atoms with Gasteiger partial charge in [0.2, 0.25) is 5.78 Å². The monoisotopic (exact) mass is 317 g/mol. The summed E-state index contributed by atoms with van der Waals surface area (Å²) in [4.78, 5) is 12.3. The number of ether oxygens (including phenoxy) is 2. The minimum absolute atomic E-state index is 0.136. The summed E-state index contributed by atoms with van der Waals surface area (Å²) in [5.74, 6) is -0.251. The van der Waals surface area contributed by atoms with Gasteiger partial charge >= 0.3 is 0 Å². The van der Waals surface area contributed by atoms with Crippen LogP contribution >= 0.6 is 0 Å². The van der Waals surface area contributed by atoms with Gasteiger partial charge in [0.05, 0.1) is 7.11 Å². The van der Waals surface area contributed by atoms with E-state index in [4.69, 9.17) is 9.47 Å². The fourth-order valence-corrected chi connectivity index (χ4v) is 2.46. The zero-order chi connectivity index (χ0) is 17.0. The number of halogens is 1. The van der Waals surface area contributed by atoms with Crippen LogP contribution in [-0.4, -0.2) is 24.1 Å². The quantitative estimate of drug-likeness (QED) is 0.577. The molecule has 2 rings (SSSR count). The molecule has 1 heterocycles. The van der Waals surface area contributed by atoms with Gasteiger partial charge in [-0.25, -0.2) is 4.39 Å². The van der Waals surface area contributed by atoms with Crippen LogP contribution in [0.5, 0.6) is 11.5 Å². The Morgan fingerprint density at radius 1 is 1.35 bits per heavy atom. The third-order valence-corrected chi connectivity index (χ3v) is 3.68. The average molecular weight is 317 g/mol. The molecular formula is C18H20FNO3. The summed E-state index contributed by atoms with van der Waals surface area (Å²) in [6.07, 6.45) is 1.78. The Hall–Kier alpha value is -2.56. The molecule has 0 amide bonds. The first-order valence-electron chi connectivity index (χ1n) is 7.25. The second kappa shape index (κ2) is 7.13. The van der Waals surface area contributed by atoms with Crippen molar-refractivity contribution >= 4 is 5.78 Å². The predicted molar refractivity (Wildman–Crippen MR) is 86.9 cm³/mol. The van der Waals surface area contributed by atoms with Crippen LogP contribution in [0.1, 0.15) is 21.7 Å². The molecule has 0 saturated carbocycles. The number of allylic oxidation sites excluding steroid dienone is 1. The van der Waals surface area contributed by atoms with Crippen molar-refractivity contribution in [2.45, 2.75) is 20.4 Å². The lowest BCUT2D eigenvalue weighted by Gasteiger charge is -2.08. The summed E-state index contributed by atoms with van der Waals surface area (Å²) >= 11 is 0. The molecule has 1 aromatic carbocycles. The van der Waals surface area contributed by atoms with Gasteiger partial charge in [0.1, 0.15) is 5.75 Å². The van der Waals surface area contributed by atoms with Crippen molar-refractivity contribution in [3.8, 4) is 11.5 Å². The number of aromatic nitrogens is 1. The second-order valence-corrected chi connectivity index (χ2v) is 5.19. The highest BCUT2D eigenvalue weighted by atomic mass is 19.1. The van der Waals surface area contributed by atoms with Crippen molar-refractivity contribution in [3.63, 3.8) is 0 Å². The molecule has 0 aliphatic heterocycles. The molecule has 2 aromatic rings. The highest BCUT2D eigenvalue weighted by molar-refractivity contribution is 5.98. The number of Topliss-reactive ketones (excluding diaryl/α,β-unsaturated/α-hetero) is 1. The van der Waals surface area contributed by atoms with Gasteiger partial charge in [0, 0.05) is 29.6 Å². The first-order chi connectivity index (χ1) is 11.0. The van der Waals surface area contributed by atoms with Crippen LogP contribution in [0.15, 0.2) is 36.9 Å². The van der Waals surface area contributed by atoms with E-state index in [2.05, 4.69) is 6.58 Å². The largest absolute Gasteiger partial charge is 0.494 e. The number of ketones is 1. The maximum absolute atomic E-state index is 13.6. The molecule has 0 spiro atoms. The van der Waals surface area contributed by atoms with Gasteiger partial charge in [-0.1, -0.05) is 6.08 Å². The zero-order valence-corrected chi connectivity index (χ0v) is 13.6. The van der Waals surface area contributed by atoms with Gasteiger partial charge in [-0.05, 0) is 32.0 Å². The van der Waals surface area contributed by atoms with E-state index in [-0.39, 0.29) is 23.9 Å². The summed E-state index contributed by atoms with van der Waals surface area (Å²) < 4.78 is 25.8. The third kappa shape index (κ3) is 3.62. The minimum atomic E-state index is -0.526. The minimum Gasteiger partial charge on any atom is -0.494 e. The van der Waals surface area contributed by atoms with Crippen LogP contribution in [0.3, 0.4) is 0 Å². The van der Waals surface area contributed by atoms with E-state index in [1.54, 1.807) is 12.1 Å². The SMILES string of the molecule is C=CCn1c(C)cc(C(=O)COc2ccc(OC)c(F)c2)c1C. The Bertz CT molecular complexity index is 734. The van der Waals surface area contributed by atoms with E-state index in [9.17, 15) is 9.18 Å². The average Bonchev–Trinajstić information content (AvgIpc) is 2.81. The third-order valence-electron chi connectivity index (χ3n) is 3.68. The van der Waals surface area contributed by atoms with Gasteiger partial charge in [0.15, 0.2) is 18.2 Å². The molecule has 0 N–H and O–H groups in total. The summed E-state index contributed by atoms with van der Waals surface area (Å²) in [7, 11) is 1.39. The van der Waals surface area contributed by atoms with Crippen molar-refractivity contribution in [1.29, 1.82) is 0 Å².